The van der Waals surface area contributed by atoms with Crippen molar-refractivity contribution in [3.8, 4) is 17.2 Å². The minimum absolute atomic E-state index is 0.219. The Hall–Kier alpha value is -3.74. The maximum atomic E-state index is 12.3. The molecule has 0 atom stereocenters. The van der Waals surface area contributed by atoms with Crippen molar-refractivity contribution in [2.24, 2.45) is 0 Å². The third-order valence-corrected chi connectivity index (χ3v) is 4.54. The van der Waals surface area contributed by atoms with Crippen LogP contribution in [0.25, 0.3) is 0 Å². The molecule has 1 amide bonds. The first kappa shape index (κ1) is 18.6. The first-order valence-corrected chi connectivity index (χ1v) is 9.21. The van der Waals surface area contributed by atoms with Crippen LogP contribution in [0.1, 0.15) is 21.6 Å². The van der Waals surface area contributed by atoms with Gasteiger partial charge in [-0.1, -0.05) is 18.2 Å². The van der Waals surface area contributed by atoms with Gasteiger partial charge in [-0.3, -0.25) is 4.79 Å². The van der Waals surface area contributed by atoms with E-state index in [-0.39, 0.29) is 12.7 Å². The number of nitrogens with one attached hydrogen (secondary N) is 2. The number of nitrogens with zero attached hydrogens (tertiary/aromatic N) is 1. The lowest BCUT2D eigenvalue weighted by atomic mass is 10.2. The average Bonchev–Trinajstić information content (AvgIpc) is 3.24. The van der Waals surface area contributed by atoms with Gasteiger partial charge in [-0.2, -0.15) is 0 Å². The molecule has 148 valence electrons. The number of hydrogen-bond donors (Lipinski definition) is 2. The van der Waals surface area contributed by atoms with Crippen LogP contribution in [-0.2, 0) is 13.1 Å². The molecular weight excluding hydrogens is 370 g/mol. The van der Waals surface area contributed by atoms with E-state index in [4.69, 9.17) is 14.2 Å². The number of methoxy groups -OCH3 is 1. The van der Waals surface area contributed by atoms with Gasteiger partial charge in [0.15, 0.2) is 11.5 Å². The summed E-state index contributed by atoms with van der Waals surface area (Å²) in [6.45, 7) is 1.30. The Bertz CT molecular complexity index is 988. The molecule has 2 heterocycles. The Balaban J connectivity index is 1.29. The van der Waals surface area contributed by atoms with Crippen molar-refractivity contribution in [2.75, 3.05) is 19.2 Å². The zero-order valence-corrected chi connectivity index (χ0v) is 16.0. The fourth-order valence-corrected chi connectivity index (χ4v) is 2.90. The number of amides is 1. The predicted octanol–water partition coefficient (Wildman–Crippen LogP) is 3.36. The molecule has 1 aliphatic rings. The summed E-state index contributed by atoms with van der Waals surface area (Å²) in [6, 6.07) is 16.9. The van der Waals surface area contributed by atoms with Crippen molar-refractivity contribution in [3.63, 3.8) is 0 Å². The largest absolute Gasteiger partial charge is 0.497 e. The van der Waals surface area contributed by atoms with Crippen molar-refractivity contribution in [1.82, 2.24) is 10.3 Å². The molecule has 4 rings (SSSR count). The van der Waals surface area contributed by atoms with Crippen LogP contribution < -0.4 is 24.8 Å². The van der Waals surface area contributed by atoms with Crippen LogP contribution in [0, 0.1) is 0 Å². The van der Waals surface area contributed by atoms with Crippen molar-refractivity contribution in [3.05, 3.63) is 77.6 Å². The van der Waals surface area contributed by atoms with Gasteiger partial charge < -0.3 is 24.8 Å². The monoisotopic (exact) mass is 391 g/mol. The van der Waals surface area contributed by atoms with Gasteiger partial charge in [0.1, 0.15) is 11.4 Å². The quantitative estimate of drug-likeness (QED) is 0.643. The van der Waals surface area contributed by atoms with E-state index in [1.807, 2.05) is 48.5 Å². The maximum Gasteiger partial charge on any atom is 0.270 e. The van der Waals surface area contributed by atoms with E-state index < -0.39 is 0 Å². The summed E-state index contributed by atoms with van der Waals surface area (Å²) in [5.41, 5.74) is 3.25. The normalized spacial score (nSPS) is 11.8. The molecule has 1 aliphatic heterocycles. The van der Waals surface area contributed by atoms with Crippen LogP contribution in [0.3, 0.4) is 0 Å². The third-order valence-electron chi connectivity index (χ3n) is 4.54. The van der Waals surface area contributed by atoms with E-state index in [0.29, 0.717) is 18.8 Å². The Kier molecular flexibility index (Phi) is 5.47. The predicted molar refractivity (Wildman–Crippen MR) is 108 cm³/mol. The van der Waals surface area contributed by atoms with E-state index in [0.717, 1.165) is 34.1 Å². The van der Waals surface area contributed by atoms with Crippen LogP contribution in [0.15, 0.2) is 60.8 Å². The number of carbonyl (C=O) groups excluding carboxylic acids is 1. The Morgan fingerprint density at radius 2 is 1.79 bits per heavy atom. The van der Waals surface area contributed by atoms with Gasteiger partial charge in [-0.05, 0) is 47.5 Å². The molecule has 2 N–H and O–H groups in total. The Labute approximate surface area is 168 Å². The van der Waals surface area contributed by atoms with Gasteiger partial charge >= 0.3 is 0 Å². The number of carbonyl (C=O) groups is 1. The lowest BCUT2D eigenvalue weighted by molar-refractivity contribution is 0.0946. The van der Waals surface area contributed by atoms with Gasteiger partial charge in [0.05, 0.1) is 19.0 Å². The highest BCUT2D eigenvalue weighted by molar-refractivity contribution is 5.92. The molecule has 0 saturated heterocycles. The number of pyridine rings is 1. The number of fused-ring (bicyclic) bond motifs is 1. The van der Waals surface area contributed by atoms with Gasteiger partial charge in [-0.15, -0.1) is 0 Å². The van der Waals surface area contributed by atoms with Gasteiger partial charge in [0, 0.05) is 13.1 Å². The standard InChI is InChI=1S/C22H21N3O4/c1-27-18-6-2-15(3-7-18)11-25-22(26)19-8-5-17(13-24-19)23-12-16-4-9-20-21(10-16)29-14-28-20/h2-10,13,23H,11-12,14H2,1H3,(H,25,26). The highest BCUT2D eigenvalue weighted by Gasteiger charge is 2.13. The molecule has 3 aromatic rings. The summed E-state index contributed by atoms with van der Waals surface area (Å²) in [5, 5.41) is 6.15. The van der Waals surface area contributed by atoms with E-state index in [2.05, 4.69) is 15.6 Å². The number of anilines is 1. The van der Waals surface area contributed by atoms with Gasteiger partial charge in [0.2, 0.25) is 6.79 Å². The number of aromatic nitrogens is 1. The highest BCUT2D eigenvalue weighted by atomic mass is 16.7. The summed E-state index contributed by atoms with van der Waals surface area (Å²) in [4.78, 5) is 16.5. The maximum absolute atomic E-state index is 12.3. The fourth-order valence-electron chi connectivity index (χ4n) is 2.90. The van der Waals surface area contributed by atoms with E-state index in [1.54, 1.807) is 19.4 Å². The van der Waals surface area contributed by atoms with Crippen molar-refractivity contribution >= 4 is 11.6 Å². The Morgan fingerprint density at radius 3 is 2.55 bits per heavy atom. The second-order valence-corrected chi connectivity index (χ2v) is 6.50. The van der Waals surface area contributed by atoms with Gasteiger partial charge in [-0.25, -0.2) is 4.98 Å². The molecule has 0 spiro atoms. The molecular formula is C22H21N3O4. The minimum atomic E-state index is -0.219. The van der Waals surface area contributed by atoms with Crippen LogP contribution >= 0.6 is 0 Å². The SMILES string of the molecule is COc1ccc(CNC(=O)c2ccc(NCc3ccc4c(c3)OCO4)cn2)cc1. The summed E-state index contributed by atoms with van der Waals surface area (Å²) in [7, 11) is 1.62. The highest BCUT2D eigenvalue weighted by Crippen LogP contribution is 2.32. The molecule has 0 radical (unpaired) electrons. The number of benzene rings is 2. The van der Waals surface area contributed by atoms with E-state index in [1.165, 1.54) is 0 Å². The molecule has 0 fully saturated rings. The van der Waals surface area contributed by atoms with Crippen molar-refractivity contribution in [2.45, 2.75) is 13.1 Å². The summed E-state index contributed by atoms with van der Waals surface area (Å²) in [5.74, 6) is 2.08. The van der Waals surface area contributed by atoms with E-state index >= 15 is 0 Å². The topological polar surface area (TPSA) is 81.7 Å². The Morgan fingerprint density at radius 1 is 1.00 bits per heavy atom. The molecule has 7 nitrogen and oxygen atoms in total. The molecule has 0 saturated carbocycles. The molecule has 7 heteroatoms. The average molecular weight is 391 g/mol. The molecule has 1 aromatic heterocycles. The lowest BCUT2D eigenvalue weighted by Crippen LogP contribution is -2.23. The third kappa shape index (κ3) is 4.57. The van der Waals surface area contributed by atoms with Crippen LogP contribution in [0.4, 0.5) is 5.69 Å². The molecule has 0 unspecified atom stereocenters. The molecule has 0 bridgehead atoms. The van der Waals surface area contributed by atoms with Gasteiger partial charge in [0.25, 0.3) is 5.91 Å². The first-order chi connectivity index (χ1) is 14.2. The van der Waals surface area contributed by atoms with Crippen LogP contribution in [0.2, 0.25) is 0 Å². The lowest BCUT2D eigenvalue weighted by Gasteiger charge is -2.09. The fraction of sp³-hybridized carbons (Fsp3) is 0.182. The number of ether oxygens (including phenoxy) is 3. The zero-order chi connectivity index (χ0) is 20.1. The molecule has 0 aliphatic carbocycles. The second-order valence-electron chi connectivity index (χ2n) is 6.50. The smallest absolute Gasteiger partial charge is 0.270 e. The number of hydrogen-bond acceptors (Lipinski definition) is 6. The van der Waals surface area contributed by atoms with Crippen LogP contribution in [0.5, 0.6) is 17.2 Å². The van der Waals surface area contributed by atoms with Crippen LogP contribution in [-0.4, -0.2) is 24.8 Å². The minimum Gasteiger partial charge on any atom is -0.497 e. The second kappa shape index (κ2) is 8.52. The zero-order valence-electron chi connectivity index (χ0n) is 16.0. The summed E-state index contributed by atoms with van der Waals surface area (Å²) >= 11 is 0. The van der Waals surface area contributed by atoms with E-state index in [9.17, 15) is 4.79 Å². The number of rotatable bonds is 7. The van der Waals surface area contributed by atoms with Crippen molar-refractivity contribution in [1.29, 1.82) is 0 Å². The van der Waals surface area contributed by atoms with Crippen molar-refractivity contribution < 1.29 is 19.0 Å². The first-order valence-electron chi connectivity index (χ1n) is 9.21. The molecule has 29 heavy (non-hydrogen) atoms. The molecule has 2 aromatic carbocycles. The summed E-state index contributed by atoms with van der Waals surface area (Å²) in [6.07, 6.45) is 1.65. The summed E-state index contributed by atoms with van der Waals surface area (Å²) < 4.78 is 15.8.